The van der Waals surface area contributed by atoms with Gasteiger partial charge in [-0.15, -0.1) is 0 Å². The molecule has 2 atom stereocenters. The zero-order valence-corrected chi connectivity index (χ0v) is 11.3. The van der Waals surface area contributed by atoms with Gasteiger partial charge in [0.25, 0.3) is 0 Å². The Morgan fingerprint density at radius 1 is 1.33 bits per heavy atom. The first-order chi connectivity index (χ1) is 8.54. The summed E-state index contributed by atoms with van der Waals surface area (Å²) < 4.78 is 0. The second-order valence-corrected chi connectivity index (χ2v) is 4.71. The van der Waals surface area contributed by atoms with E-state index < -0.39 is 0 Å². The van der Waals surface area contributed by atoms with Crippen LogP contribution >= 0.6 is 0 Å². The third-order valence-electron chi connectivity index (χ3n) is 3.11. The Hall–Kier alpha value is -1.55. The predicted molar refractivity (Wildman–Crippen MR) is 73.6 cm³/mol. The van der Waals surface area contributed by atoms with Crippen LogP contribution < -0.4 is 10.2 Å². The maximum absolute atomic E-state index is 11.8. The summed E-state index contributed by atoms with van der Waals surface area (Å²) in [7, 11) is 1.88. The van der Waals surface area contributed by atoms with Gasteiger partial charge >= 0.3 is 0 Å². The number of nitrogens with zero attached hydrogens (tertiary/aromatic N) is 1. The molecule has 0 radical (unpaired) electrons. The SMILES string of the molecule is CC(CO)C(C)NC(=O)CN(C)c1ccccc1. The molecule has 0 aliphatic rings. The van der Waals surface area contributed by atoms with E-state index in [0.717, 1.165) is 5.69 Å². The standard InChI is InChI=1S/C14H22N2O2/c1-11(10-17)12(2)15-14(18)9-16(3)13-7-5-4-6-8-13/h4-8,11-12,17H,9-10H2,1-3H3,(H,15,18). The molecule has 2 N–H and O–H groups in total. The topological polar surface area (TPSA) is 52.6 Å². The smallest absolute Gasteiger partial charge is 0.239 e. The van der Waals surface area contributed by atoms with Crippen molar-refractivity contribution in [1.82, 2.24) is 5.32 Å². The summed E-state index contributed by atoms with van der Waals surface area (Å²) >= 11 is 0. The minimum atomic E-state index is -0.0332. The lowest BCUT2D eigenvalue weighted by Gasteiger charge is -2.23. The highest BCUT2D eigenvalue weighted by Crippen LogP contribution is 2.10. The number of hydrogen-bond acceptors (Lipinski definition) is 3. The van der Waals surface area contributed by atoms with Crippen LogP contribution in [0.3, 0.4) is 0 Å². The molecular weight excluding hydrogens is 228 g/mol. The molecule has 1 amide bonds. The van der Waals surface area contributed by atoms with E-state index in [1.54, 1.807) is 0 Å². The van der Waals surface area contributed by atoms with Crippen molar-refractivity contribution >= 4 is 11.6 Å². The first-order valence-corrected chi connectivity index (χ1v) is 6.21. The molecule has 0 bridgehead atoms. The Morgan fingerprint density at radius 2 is 1.94 bits per heavy atom. The zero-order chi connectivity index (χ0) is 13.5. The van der Waals surface area contributed by atoms with E-state index in [4.69, 9.17) is 5.11 Å². The molecule has 0 fully saturated rings. The van der Waals surface area contributed by atoms with Crippen molar-refractivity contribution < 1.29 is 9.90 Å². The Morgan fingerprint density at radius 3 is 2.50 bits per heavy atom. The predicted octanol–water partition coefficient (Wildman–Crippen LogP) is 1.26. The summed E-state index contributed by atoms with van der Waals surface area (Å²) in [6.45, 7) is 4.20. The molecule has 4 heteroatoms. The number of aliphatic hydroxyl groups is 1. The molecule has 0 saturated heterocycles. The third-order valence-corrected chi connectivity index (χ3v) is 3.11. The van der Waals surface area contributed by atoms with Crippen molar-refractivity contribution in [2.24, 2.45) is 5.92 Å². The van der Waals surface area contributed by atoms with Crippen molar-refractivity contribution in [1.29, 1.82) is 0 Å². The van der Waals surface area contributed by atoms with E-state index in [2.05, 4.69) is 5.32 Å². The summed E-state index contributed by atoms with van der Waals surface area (Å²) in [5, 5.41) is 11.9. The van der Waals surface area contributed by atoms with Gasteiger partial charge in [-0.1, -0.05) is 25.1 Å². The average molecular weight is 250 g/mol. The largest absolute Gasteiger partial charge is 0.396 e. The molecule has 0 saturated carbocycles. The van der Waals surface area contributed by atoms with Crippen LogP contribution in [0.2, 0.25) is 0 Å². The molecule has 0 spiro atoms. The molecule has 0 aliphatic carbocycles. The molecular formula is C14H22N2O2. The summed E-state index contributed by atoms with van der Waals surface area (Å²) in [5.74, 6) is 0.0325. The van der Waals surface area contributed by atoms with Crippen LogP contribution in [0.15, 0.2) is 30.3 Å². The molecule has 1 aromatic carbocycles. The number of rotatable bonds is 6. The van der Waals surface area contributed by atoms with E-state index in [1.807, 2.05) is 56.1 Å². The van der Waals surface area contributed by atoms with Gasteiger partial charge in [0.05, 0.1) is 6.54 Å². The highest BCUT2D eigenvalue weighted by Gasteiger charge is 2.15. The van der Waals surface area contributed by atoms with Crippen LogP contribution in [-0.4, -0.2) is 37.3 Å². The summed E-state index contributed by atoms with van der Waals surface area (Å²) in [5.41, 5.74) is 1.01. The summed E-state index contributed by atoms with van der Waals surface area (Å²) in [4.78, 5) is 13.7. The van der Waals surface area contributed by atoms with E-state index in [9.17, 15) is 4.79 Å². The Labute approximate surface area is 109 Å². The summed E-state index contributed by atoms with van der Waals surface area (Å²) in [6, 6.07) is 9.75. The maximum atomic E-state index is 11.8. The molecule has 2 unspecified atom stereocenters. The highest BCUT2D eigenvalue weighted by molar-refractivity contribution is 5.81. The van der Waals surface area contributed by atoms with Gasteiger partial charge in [0.2, 0.25) is 5.91 Å². The normalized spacial score (nSPS) is 13.8. The number of amides is 1. The number of benzene rings is 1. The number of para-hydroxylation sites is 1. The quantitative estimate of drug-likeness (QED) is 0.799. The van der Waals surface area contributed by atoms with Gasteiger partial charge in [-0.25, -0.2) is 0 Å². The molecule has 100 valence electrons. The van der Waals surface area contributed by atoms with Crippen molar-refractivity contribution in [2.75, 3.05) is 25.1 Å². The minimum absolute atomic E-state index is 0.0216. The fourth-order valence-corrected chi connectivity index (χ4v) is 1.59. The van der Waals surface area contributed by atoms with E-state index >= 15 is 0 Å². The van der Waals surface area contributed by atoms with Crippen LogP contribution in [0.4, 0.5) is 5.69 Å². The second kappa shape index (κ2) is 7.01. The number of likely N-dealkylation sites (N-methyl/N-ethyl adjacent to an activating group) is 1. The van der Waals surface area contributed by atoms with Gasteiger partial charge in [0.15, 0.2) is 0 Å². The van der Waals surface area contributed by atoms with Crippen molar-refractivity contribution in [3.63, 3.8) is 0 Å². The van der Waals surface area contributed by atoms with Gasteiger partial charge in [-0.2, -0.15) is 0 Å². The first-order valence-electron chi connectivity index (χ1n) is 6.21. The molecule has 1 rings (SSSR count). The maximum Gasteiger partial charge on any atom is 0.239 e. The van der Waals surface area contributed by atoms with Gasteiger partial charge < -0.3 is 15.3 Å². The van der Waals surface area contributed by atoms with Crippen LogP contribution in [0, 0.1) is 5.92 Å². The lowest BCUT2D eigenvalue weighted by Crippen LogP contribution is -2.43. The Kier molecular flexibility index (Phi) is 5.65. The third kappa shape index (κ3) is 4.37. The lowest BCUT2D eigenvalue weighted by molar-refractivity contribution is -0.120. The van der Waals surface area contributed by atoms with Gasteiger partial charge in [0.1, 0.15) is 0 Å². The average Bonchev–Trinajstić information content (AvgIpc) is 2.38. The molecule has 0 heterocycles. The minimum Gasteiger partial charge on any atom is -0.396 e. The Bertz CT molecular complexity index is 367. The molecule has 0 aromatic heterocycles. The van der Waals surface area contributed by atoms with Crippen molar-refractivity contribution in [3.8, 4) is 0 Å². The van der Waals surface area contributed by atoms with E-state index in [-0.39, 0.29) is 24.5 Å². The van der Waals surface area contributed by atoms with E-state index in [1.165, 1.54) is 0 Å². The fourth-order valence-electron chi connectivity index (χ4n) is 1.59. The van der Waals surface area contributed by atoms with Gasteiger partial charge in [-0.3, -0.25) is 4.79 Å². The fraction of sp³-hybridized carbons (Fsp3) is 0.500. The van der Waals surface area contributed by atoms with Crippen LogP contribution in [-0.2, 0) is 4.79 Å². The van der Waals surface area contributed by atoms with Crippen LogP contribution in [0.5, 0.6) is 0 Å². The number of carbonyl (C=O) groups is 1. The number of anilines is 1. The van der Waals surface area contributed by atoms with Gasteiger partial charge in [0, 0.05) is 25.4 Å². The lowest BCUT2D eigenvalue weighted by atomic mass is 10.1. The van der Waals surface area contributed by atoms with Crippen LogP contribution in [0.1, 0.15) is 13.8 Å². The zero-order valence-electron chi connectivity index (χ0n) is 11.3. The van der Waals surface area contributed by atoms with Gasteiger partial charge in [-0.05, 0) is 25.0 Å². The number of aliphatic hydroxyl groups excluding tert-OH is 1. The molecule has 0 aliphatic heterocycles. The second-order valence-electron chi connectivity index (χ2n) is 4.71. The summed E-state index contributed by atoms with van der Waals surface area (Å²) in [6.07, 6.45) is 0. The Balaban J connectivity index is 2.45. The number of hydrogen-bond donors (Lipinski definition) is 2. The van der Waals surface area contributed by atoms with E-state index in [0.29, 0.717) is 6.54 Å². The first kappa shape index (κ1) is 14.5. The molecule has 1 aromatic rings. The number of carbonyl (C=O) groups excluding carboxylic acids is 1. The van der Waals surface area contributed by atoms with Crippen molar-refractivity contribution in [2.45, 2.75) is 19.9 Å². The number of nitrogens with one attached hydrogen (secondary N) is 1. The van der Waals surface area contributed by atoms with Crippen molar-refractivity contribution in [3.05, 3.63) is 30.3 Å². The monoisotopic (exact) mass is 250 g/mol. The highest BCUT2D eigenvalue weighted by atomic mass is 16.3. The molecule has 4 nitrogen and oxygen atoms in total. The molecule has 18 heavy (non-hydrogen) atoms. The van der Waals surface area contributed by atoms with Crippen LogP contribution in [0.25, 0.3) is 0 Å².